The summed E-state index contributed by atoms with van der Waals surface area (Å²) in [7, 11) is -1.31. The van der Waals surface area contributed by atoms with E-state index in [9.17, 15) is 13.8 Å². The number of hydrogen-bond donors (Lipinski definition) is 1. The Hall–Kier alpha value is -2.47. The van der Waals surface area contributed by atoms with Gasteiger partial charge in [0.1, 0.15) is 0 Å². The Labute approximate surface area is 143 Å². The predicted molar refractivity (Wildman–Crippen MR) is 93.6 cm³/mol. The topological polar surface area (TPSA) is 72.5 Å². The first-order valence-corrected chi connectivity index (χ1v) is 8.91. The van der Waals surface area contributed by atoms with Crippen molar-refractivity contribution < 1.29 is 18.5 Å². The molecule has 0 fully saturated rings. The molecule has 0 aliphatic heterocycles. The highest BCUT2D eigenvalue weighted by molar-refractivity contribution is 7.84. The summed E-state index contributed by atoms with van der Waals surface area (Å²) < 4.78 is 16.7. The summed E-state index contributed by atoms with van der Waals surface area (Å²) in [4.78, 5) is 24.4. The van der Waals surface area contributed by atoms with E-state index >= 15 is 0 Å². The minimum absolute atomic E-state index is 0.206. The molecule has 1 unspecified atom stereocenters. The molecule has 0 spiro atoms. The molecule has 0 aliphatic carbocycles. The van der Waals surface area contributed by atoms with Gasteiger partial charge in [-0.3, -0.25) is 9.00 Å². The maximum absolute atomic E-state index is 12.1. The first-order chi connectivity index (χ1) is 11.4. The standard InChI is InChI=1S/C18H19NO4S/c1-12-8-9-14(10-13(12)2)19-17(20)11-23-18(21)15-6-4-5-7-16(15)24(3)22/h4-10H,11H2,1-3H3,(H,19,20). The zero-order valence-electron chi connectivity index (χ0n) is 13.8. The van der Waals surface area contributed by atoms with Gasteiger partial charge in [-0.15, -0.1) is 0 Å². The largest absolute Gasteiger partial charge is 0.452 e. The van der Waals surface area contributed by atoms with E-state index in [1.807, 2.05) is 26.0 Å². The van der Waals surface area contributed by atoms with Gasteiger partial charge in [-0.05, 0) is 49.2 Å². The van der Waals surface area contributed by atoms with Crippen LogP contribution in [0.25, 0.3) is 0 Å². The molecule has 0 saturated carbocycles. The van der Waals surface area contributed by atoms with E-state index in [-0.39, 0.29) is 5.56 Å². The lowest BCUT2D eigenvalue weighted by molar-refractivity contribution is -0.119. The Morgan fingerprint density at radius 1 is 1.08 bits per heavy atom. The van der Waals surface area contributed by atoms with Crippen LogP contribution in [0.15, 0.2) is 47.4 Å². The number of nitrogens with one attached hydrogen (secondary N) is 1. The Balaban J connectivity index is 1.97. The van der Waals surface area contributed by atoms with Crippen molar-refractivity contribution in [1.82, 2.24) is 0 Å². The first kappa shape index (κ1) is 17.9. The summed E-state index contributed by atoms with van der Waals surface area (Å²) in [6, 6.07) is 12.0. The highest BCUT2D eigenvalue weighted by Crippen LogP contribution is 2.15. The molecule has 126 valence electrons. The van der Waals surface area contributed by atoms with Crippen LogP contribution in [0.5, 0.6) is 0 Å². The minimum atomic E-state index is -1.31. The Kier molecular flexibility index (Phi) is 5.87. The van der Waals surface area contributed by atoms with E-state index in [0.29, 0.717) is 10.6 Å². The summed E-state index contributed by atoms with van der Waals surface area (Å²) in [5.74, 6) is -1.10. The number of benzene rings is 2. The fraction of sp³-hybridized carbons (Fsp3) is 0.222. The highest BCUT2D eigenvalue weighted by atomic mass is 32.2. The molecule has 1 amide bonds. The third-order valence-electron chi connectivity index (χ3n) is 3.54. The smallest absolute Gasteiger partial charge is 0.339 e. The second-order valence-electron chi connectivity index (χ2n) is 5.37. The third-order valence-corrected chi connectivity index (χ3v) is 4.52. The molecule has 6 heteroatoms. The predicted octanol–water partition coefficient (Wildman–Crippen LogP) is 2.84. The molecule has 0 radical (unpaired) electrons. The van der Waals surface area contributed by atoms with Gasteiger partial charge >= 0.3 is 5.97 Å². The van der Waals surface area contributed by atoms with Gasteiger partial charge in [0.2, 0.25) is 0 Å². The van der Waals surface area contributed by atoms with Crippen molar-refractivity contribution in [3.8, 4) is 0 Å². The van der Waals surface area contributed by atoms with Crippen LogP contribution in [-0.2, 0) is 20.3 Å². The van der Waals surface area contributed by atoms with Crippen molar-refractivity contribution in [3.63, 3.8) is 0 Å². The average Bonchev–Trinajstić information content (AvgIpc) is 2.56. The SMILES string of the molecule is Cc1ccc(NC(=O)COC(=O)c2ccccc2S(C)=O)cc1C. The molecule has 0 saturated heterocycles. The number of anilines is 1. The van der Waals surface area contributed by atoms with Gasteiger partial charge in [0, 0.05) is 11.9 Å². The summed E-state index contributed by atoms with van der Waals surface area (Å²) in [5.41, 5.74) is 3.04. The van der Waals surface area contributed by atoms with E-state index in [1.165, 1.54) is 12.3 Å². The monoisotopic (exact) mass is 345 g/mol. The average molecular weight is 345 g/mol. The zero-order valence-corrected chi connectivity index (χ0v) is 14.6. The lowest BCUT2D eigenvalue weighted by Crippen LogP contribution is -2.21. The molecule has 0 heterocycles. The van der Waals surface area contributed by atoms with Crippen LogP contribution < -0.4 is 5.32 Å². The van der Waals surface area contributed by atoms with Crippen LogP contribution in [0.3, 0.4) is 0 Å². The van der Waals surface area contributed by atoms with E-state index in [2.05, 4.69) is 5.32 Å². The van der Waals surface area contributed by atoms with Crippen molar-refractivity contribution in [1.29, 1.82) is 0 Å². The van der Waals surface area contributed by atoms with Crippen molar-refractivity contribution in [2.75, 3.05) is 18.2 Å². The molecule has 0 aromatic heterocycles. The fourth-order valence-corrected chi connectivity index (χ4v) is 2.84. The Morgan fingerprint density at radius 2 is 1.79 bits per heavy atom. The van der Waals surface area contributed by atoms with Gasteiger partial charge in [0.25, 0.3) is 5.91 Å². The number of carbonyl (C=O) groups is 2. The van der Waals surface area contributed by atoms with Crippen LogP contribution in [0.1, 0.15) is 21.5 Å². The minimum Gasteiger partial charge on any atom is -0.452 e. The van der Waals surface area contributed by atoms with Crippen molar-refractivity contribution in [3.05, 3.63) is 59.2 Å². The number of rotatable bonds is 5. The molecule has 0 aliphatic rings. The van der Waals surface area contributed by atoms with Gasteiger partial charge in [0.15, 0.2) is 6.61 Å². The quantitative estimate of drug-likeness (QED) is 0.846. The van der Waals surface area contributed by atoms with Crippen LogP contribution in [-0.4, -0.2) is 28.9 Å². The molecule has 5 nitrogen and oxygen atoms in total. The molecule has 1 atom stereocenters. The van der Waals surface area contributed by atoms with Gasteiger partial charge in [-0.1, -0.05) is 18.2 Å². The number of hydrogen-bond acceptors (Lipinski definition) is 4. The zero-order chi connectivity index (χ0) is 17.7. The van der Waals surface area contributed by atoms with Crippen molar-refractivity contribution in [2.24, 2.45) is 0 Å². The lowest BCUT2D eigenvalue weighted by atomic mass is 10.1. The Bertz CT molecular complexity index is 801. The number of carbonyl (C=O) groups excluding carboxylic acids is 2. The molecule has 2 aromatic rings. The number of amides is 1. The second kappa shape index (κ2) is 7.88. The molecule has 24 heavy (non-hydrogen) atoms. The normalized spacial score (nSPS) is 11.6. The molecule has 2 rings (SSSR count). The van der Waals surface area contributed by atoms with Gasteiger partial charge in [-0.2, -0.15) is 0 Å². The maximum atomic E-state index is 12.1. The molecule has 0 bridgehead atoms. The van der Waals surface area contributed by atoms with E-state index in [4.69, 9.17) is 4.74 Å². The maximum Gasteiger partial charge on any atom is 0.339 e. The molecule has 1 N–H and O–H groups in total. The highest BCUT2D eigenvalue weighted by Gasteiger charge is 2.16. The van der Waals surface area contributed by atoms with Gasteiger partial charge in [-0.25, -0.2) is 4.79 Å². The first-order valence-electron chi connectivity index (χ1n) is 7.35. The van der Waals surface area contributed by atoms with Crippen LogP contribution >= 0.6 is 0 Å². The number of esters is 1. The van der Waals surface area contributed by atoms with Gasteiger partial charge < -0.3 is 10.1 Å². The summed E-state index contributed by atoms with van der Waals surface area (Å²) >= 11 is 0. The number of aryl methyl sites for hydroxylation is 2. The summed E-state index contributed by atoms with van der Waals surface area (Å²) in [6.07, 6.45) is 1.48. The molecular formula is C18H19NO4S. The van der Waals surface area contributed by atoms with E-state index in [0.717, 1.165) is 11.1 Å². The van der Waals surface area contributed by atoms with Crippen molar-refractivity contribution in [2.45, 2.75) is 18.7 Å². The third kappa shape index (κ3) is 4.52. The van der Waals surface area contributed by atoms with Gasteiger partial charge in [0.05, 0.1) is 21.3 Å². The van der Waals surface area contributed by atoms with Crippen molar-refractivity contribution >= 4 is 28.4 Å². The summed E-state index contributed by atoms with van der Waals surface area (Å²) in [5, 5.41) is 2.68. The lowest BCUT2D eigenvalue weighted by Gasteiger charge is -2.09. The van der Waals surface area contributed by atoms with E-state index in [1.54, 1.807) is 24.3 Å². The fourth-order valence-electron chi connectivity index (χ4n) is 2.11. The summed E-state index contributed by atoms with van der Waals surface area (Å²) in [6.45, 7) is 3.53. The second-order valence-corrected chi connectivity index (χ2v) is 6.72. The molecular weight excluding hydrogens is 326 g/mol. The van der Waals surface area contributed by atoms with Crippen LogP contribution in [0.2, 0.25) is 0 Å². The van der Waals surface area contributed by atoms with E-state index < -0.39 is 29.3 Å². The Morgan fingerprint density at radius 3 is 2.46 bits per heavy atom. The van der Waals surface area contributed by atoms with Crippen LogP contribution in [0.4, 0.5) is 5.69 Å². The number of ether oxygens (including phenoxy) is 1. The molecule has 2 aromatic carbocycles. The van der Waals surface area contributed by atoms with Crippen LogP contribution in [0, 0.1) is 13.8 Å².